The van der Waals surface area contributed by atoms with Crippen molar-refractivity contribution in [1.82, 2.24) is 5.32 Å². The molecule has 20 heavy (non-hydrogen) atoms. The van der Waals surface area contributed by atoms with Gasteiger partial charge >= 0.3 is 0 Å². The lowest BCUT2D eigenvalue weighted by molar-refractivity contribution is 0.222. The first-order valence-electron chi connectivity index (χ1n) is 7.41. The molecular formula is C17H27Cl2N. The fourth-order valence-electron chi connectivity index (χ4n) is 2.26. The highest BCUT2D eigenvalue weighted by Gasteiger charge is 2.23. The van der Waals surface area contributed by atoms with Gasteiger partial charge in [-0.25, -0.2) is 0 Å². The molecule has 0 spiro atoms. The molecule has 0 aliphatic heterocycles. The van der Waals surface area contributed by atoms with Crippen molar-refractivity contribution in [3.8, 4) is 0 Å². The molecular weight excluding hydrogens is 289 g/mol. The van der Waals surface area contributed by atoms with E-state index in [1.54, 1.807) is 0 Å². The van der Waals surface area contributed by atoms with Crippen molar-refractivity contribution in [2.45, 2.75) is 53.5 Å². The summed E-state index contributed by atoms with van der Waals surface area (Å²) in [6, 6.07) is 6.41. The molecule has 1 N–H and O–H groups in total. The molecule has 0 aliphatic carbocycles. The Morgan fingerprint density at radius 2 is 1.80 bits per heavy atom. The zero-order valence-corrected chi connectivity index (χ0v) is 14.8. The first-order valence-corrected chi connectivity index (χ1v) is 8.17. The summed E-state index contributed by atoms with van der Waals surface area (Å²) in [7, 11) is 0. The number of nitrogens with one attached hydrogen (secondary N) is 1. The third-order valence-electron chi connectivity index (χ3n) is 4.08. The van der Waals surface area contributed by atoms with Crippen LogP contribution in [0.4, 0.5) is 0 Å². The molecule has 0 fully saturated rings. The van der Waals surface area contributed by atoms with Crippen LogP contribution < -0.4 is 5.32 Å². The first kappa shape index (κ1) is 17.8. The van der Waals surface area contributed by atoms with Gasteiger partial charge in [0.25, 0.3) is 0 Å². The van der Waals surface area contributed by atoms with Crippen LogP contribution in [-0.4, -0.2) is 12.6 Å². The fourth-order valence-corrected chi connectivity index (χ4v) is 2.58. The third kappa shape index (κ3) is 5.63. The van der Waals surface area contributed by atoms with Crippen LogP contribution >= 0.6 is 23.2 Å². The summed E-state index contributed by atoms with van der Waals surface area (Å²) in [6.45, 7) is 12.4. The van der Waals surface area contributed by atoms with Crippen LogP contribution in [0, 0.1) is 11.3 Å². The lowest BCUT2D eigenvalue weighted by atomic mass is 9.78. The molecule has 0 amide bonds. The van der Waals surface area contributed by atoms with E-state index in [0.717, 1.165) is 19.4 Å². The van der Waals surface area contributed by atoms with Crippen molar-refractivity contribution in [2.24, 2.45) is 11.3 Å². The van der Waals surface area contributed by atoms with Gasteiger partial charge in [-0.15, -0.1) is 0 Å². The second-order valence-corrected chi connectivity index (χ2v) is 7.52. The van der Waals surface area contributed by atoms with Crippen LogP contribution in [0.1, 0.15) is 46.6 Å². The smallest absolute Gasteiger partial charge is 0.0595 e. The van der Waals surface area contributed by atoms with Crippen LogP contribution in [0.25, 0.3) is 0 Å². The number of rotatable bonds is 6. The lowest BCUT2D eigenvalue weighted by Crippen LogP contribution is -2.35. The Kier molecular flexibility index (Phi) is 6.84. The van der Waals surface area contributed by atoms with Gasteiger partial charge in [-0.2, -0.15) is 0 Å². The molecule has 0 saturated carbocycles. The van der Waals surface area contributed by atoms with E-state index < -0.39 is 0 Å². The monoisotopic (exact) mass is 315 g/mol. The van der Waals surface area contributed by atoms with Crippen molar-refractivity contribution < 1.29 is 0 Å². The molecule has 3 heteroatoms. The standard InChI is InChI=1S/C17H27Cl2N/c1-6-20-14(9-12(2)17(3,4)5)10-13-7-8-15(18)16(19)11-13/h7-8,11-12,14,20H,6,9-10H2,1-5H3. The molecule has 0 radical (unpaired) electrons. The van der Waals surface area contributed by atoms with Crippen molar-refractivity contribution in [3.63, 3.8) is 0 Å². The van der Waals surface area contributed by atoms with E-state index >= 15 is 0 Å². The molecule has 0 aromatic heterocycles. The van der Waals surface area contributed by atoms with Crippen LogP contribution in [-0.2, 0) is 6.42 Å². The number of halogens is 2. The van der Waals surface area contributed by atoms with Gasteiger partial charge in [0, 0.05) is 6.04 Å². The topological polar surface area (TPSA) is 12.0 Å². The Bertz CT molecular complexity index is 423. The van der Waals surface area contributed by atoms with Crippen molar-refractivity contribution in [3.05, 3.63) is 33.8 Å². The average Bonchev–Trinajstić information content (AvgIpc) is 2.33. The quantitative estimate of drug-likeness (QED) is 0.721. The van der Waals surface area contributed by atoms with Gasteiger partial charge in [-0.1, -0.05) is 63.9 Å². The minimum absolute atomic E-state index is 0.339. The average molecular weight is 316 g/mol. The minimum atomic E-state index is 0.339. The van der Waals surface area contributed by atoms with E-state index in [0.29, 0.717) is 27.4 Å². The fraction of sp³-hybridized carbons (Fsp3) is 0.647. The summed E-state index contributed by atoms with van der Waals surface area (Å²) in [6.07, 6.45) is 2.16. The molecule has 1 nitrogen and oxygen atoms in total. The molecule has 1 aromatic rings. The van der Waals surface area contributed by atoms with Crippen molar-refractivity contribution >= 4 is 23.2 Å². The predicted octanol–water partition coefficient (Wildman–Crippen LogP) is 5.59. The van der Waals surface area contributed by atoms with Gasteiger partial charge in [0.05, 0.1) is 10.0 Å². The Morgan fingerprint density at radius 3 is 2.30 bits per heavy atom. The normalized spacial score (nSPS) is 15.2. The van der Waals surface area contributed by atoms with Gasteiger partial charge in [0.1, 0.15) is 0 Å². The summed E-state index contributed by atoms with van der Waals surface area (Å²) >= 11 is 12.1. The number of benzene rings is 1. The van der Waals surface area contributed by atoms with Crippen molar-refractivity contribution in [2.75, 3.05) is 6.54 Å². The van der Waals surface area contributed by atoms with Gasteiger partial charge in [-0.05, 0) is 48.4 Å². The Morgan fingerprint density at radius 1 is 1.15 bits per heavy atom. The van der Waals surface area contributed by atoms with Gasteiger partial charge < -0.3 is 5.32 Å². The summed E-state index contributed by atoms with van der Waals surface area (Å²) in [5.41, 5.74) is 1.58. The Hall–Kier alpha value is -0.240. The second-order valence-electron chi connectivity index (χ2n) is 6.71. The van der Waals surface area contributed by atoms with Crippen LogP contribution in [0.15, 0.2) is 18.2 Å². The number of likely N-dealkylation sites (N-methyl/N-ethyl adjacent to an activating group) is 1. The zero-order chi connectivity index (χ0) is 15.3. The predicted molar refractivity (Wildman–Crippen MR) is 90.9 cm³/mol. The highest BCUT2D eigenvalue weighted by atomic mass is 35.5. The highest BCUT2D eigenvalue weighted by molar-refractivity contribution is 6.42. The number of hydrogen-bond acceptors (Lipinski definition) is 1. The molecule has 2 atom stereocenters. The van der Waals surface area contributed by atoms with E-state index in [9.17, 15) is 0 Å². The highest BCUT2D eigenvalue weighted by Crippen LogP contribution is 2.30. The van der Waals surface area contributed by atoms with Gasteiger partial charge in [0.15, 0.2) is 0 Å². The molecule has 1 rings (SSSR count). The minimum Gasteiger partial charge on any atom is -0.314 e. The molecule has 0 bridgehead atoms. The maximum Gasteiger partial charge on any atom is 0.0595 e. The summed E-state index contributed by atoms with van der Waals surface area (Å²) < 4.78 is 0. The van der Waals surface area contributed by atoms with E-state index in [4.69, 9.17) is 23.2 Å². The molecule has 114 valence electrons. The third-order valence-corrected chi connectivity index (χ3v) is 4.81. The SMILES string of the molecule is CCNC(Cc1ccc(Cl)c(Cl)c1)CC(C)C(C)(C)C. The van der Waals surface area contributed by atoms with E-state index in [-0.39, 0.29) is 0 Å². The molecule has 2 unspecified atom stereocenters. The summed E-state index contributed by atoms with van der Waals surface area (Å²) in [5.74, 6) is 0.661. The summed E-state index contributed by atoms with van der Waals surface area (Å²) in [4.78, 5) is 0. The lowest BCUT2D eigenvalue weighted by Gasteiger charge is -2.31. The van der Waals surface area contributed by atoms with Gasteiger partial charge in [0.2, 0.25) is 0 Å². The largest absolute Gasteiger partial charge is 0.314 e. The zero-order valence-electron chi connectivity index (χ0n) is 13.3. The van der Waals surface area contributed by atoms with Gasteiger partial charge in [-0.3, -0.25) is 0 Å². The van der Waals surface area contributed by atoms with E-state index in [1.807, 2.05) is 12.1 Å². The Labute approximate surface area is 134 Å². The van der Waals surface area contributed by atoms with Crippen molar-refractivity contribution in [1.29, 1.82) is 0 Å². The maximum atomic E-state index is 6.10. The second kappa shape index (κ2) is 7.68. The molecule has 0 heterocycles. The van der Waals surface area contributed by atoms with E-state index in [1.165, 1.54) is 5.56 Å². The molecule has 0 aliphatic rings. The first-order chi connectivity index (χ1) is 9.24. The molecule has 1 aromatic carbocycles. The summed E-state index contributed by atoms with van der Waals surface area (Å²) in [5, 5.41) is 4.86. The van der Waals surface area contributed by atoms with Crippen LogP contribution in [0.2, 0.25) is 10.0 Å². The van der Waals surface area contributed by atoms with Crippen LogP contribution in [0.3, 0.4) is 0 Å². The number of hydrogen-bond donors (Lipinski definition) is 1. The maximum absolute atomic E-state index is 6.10. The molecule has 0 saturated heterocycles. The Balaban J connectivity index is 2.73. The van der Waals surface area contributed by atoms with E-state index in [2.05, 4.69) is 46.0 Å². The van der Waals surface area contributed by atoms with Crippen LogP contribution in [0.5, 0.6) is 0 Å².